The van der Waals surface area contributed by atoms with E-state index in [1.54, 1.807) is 24.5 Å². The Morgan fingerprint density at radius 2 is 2.07 bits per heavy atom. The standard InChI is InChI=1S/C9H9N3O2/c13-8-5-11-9(14)12(8)6-7-1-3-10-4-2-7/h1-4H,5-6H2,(H,11,14). The van der Waals surface area contributed by atoms with Gasteiger partial charge in [0.1, 0.15) is 0 Å². The lowest BCUT2D eigenvalue weighted by molar-refractivity contribution is -0.125. The molecule has 0 aliphatic carbocycles. The van der Waals surface area contributed by atoms with E-state index in [0.29, 0.717) is 6.54 Å². The molecule has 5 heteroatoms. The van der Waals surface area contributed by atoms with E-state index in [1.807, 2.05) is 0 Å². The molecule has 1 aromatic rings. The quantitative estimate of drug-likeness (QED) is 0.676. The monoisotopic (exact) mass is 191 g/mol. The van der Waals surface area contributed by atoms with Gasteiger partial charge in [-0.25, -0.2) is 4.79 Å². The van der Waals surface area contributed by atoms with Crippen LogP contribution in [0.25, 0.3) is 0 Å². The van der Waals surface area contributed by atoms with Crippen LogP contribution in [0.5, 0.6) is 0 Å². The van der Waals surface area contributed by atoms with Crippen LogP contribution in [-0.4, -0.2) is 28.4 Å². The van der Waals surface area contributed by atoms with Crippen molar-refractivity contribution in [3.63, 3.8) is 0 Å². The smallest absolute Gasteiger partial charge is 0.324 e. The first-order chi connectivity index (χ1) is 6.77. The lowest BCUT2D eigenvalue weighted by atomic mass is 10.2. The molecule has 0 atom stereocenters. The van der Waals surface area contributed by atoms with E-state index in [9.17, 15) is 9.59 Å². The average molecular weight is 191 g/mol. The van der Waals surface area contributed by atoms with Crippen molar-refractivity contribution in [3.05, 3.63) is 30.1 Å². The van der Waals surface area contributed by atoms with Crippen molar-refractivity contribution in [2.24, 2.45) is 0 Å². The molecular formula is C9H9N3O2. The highest BCUT2D eigenvalue weighted by atomic mass is 16.2. The van der Waals surface area contributed by atoms with Gasteiger partial charge in [-0.2, -0.15) is 0 Å². The van der Waals surface area contributed by atoms with Crippen molar-refractivity contribution in [2.75, 3.05) is 6.54 Å². The number of rotatable bonds is 2. The van der Waals surface area contributed by atoms with E-state index in [4.69, 9.17) is 0 Å². The number of aromatic nitrogens is 1. The minimum Gasteiger partial charge on any atom is -0.329 e. The van der Waals surface area contributed by atoms with Gasteiger partial charge in [-0.1, -0.05) is 0 Å². The summed E-state index contributed by atoms with van der Waals surface area (Å²) in [5.41, 5.74) is 0.894. The number of carbonyl (C=O) groups excluding carboxylic acids is 2. The topological polar surface area (TPSA) is 62.3 Å². The summed E-state index contributed by atoms with van der Waals surface area (Å²) in [6, 6.07) is 3.23. The van der Waals surface area contributed by atoms with Gasteiger partial charge in [0.15, 0.2) is 0 Å². The van der Waals surface area contributed by atoms with Gasteiger partial charge in [-0.15, -0.1) is 0 Å². The number of hydrogen-bond donors (Lipinski definition) is 1. The summed E-state index contributed by atoms with van der Waals surface area (Å²) in [5, 5.41) is 2.46. The molecule has 0 spiro atoms. The maximum atomic E-state index is 11.2. The predicted molar refractivity (Wildman–Crippen MR) is 48.2 cm³/mol. The highest BCUT2D eigenvalue weighted by molar-refractivity contribution is 6.01. The first kappa shape index (κ1) is 8.68. The SMILES string of the molecule is O=C1CNC(=O)N1Cc1ccncc1. The zero-order valence-corrected chi connectivity index (χ0v) is 7.43. The lowest BCUT2D eigenvalue weighted by Gasteiger charge is -2.11. The minimum absolute atomic E-state index is 0.101. The van der Waals surface area contributed by atoms with Gasteiger partial charge in [0.05, 0.1) is 13.1 Å². The van der Waals surface area contributed by atoms with Crippen molar-refractivity contribution < 1.29 is 9.59 Å². The Balaban J connectivity index is 2.11. The maximum Gasteiger partial charge on any atom is 0.324 e. The number of imide groups is 1. The Morgan fingerprint density at radius 1 is 1.36 bits per heavy atom. The fourth-order valence-electron chi connectivity index (χ4n) is 1.29. The summed E-state index contributed by atoms with van der Waals surface area (Å²) >= 11 is 0. The Morgan fingerprint density at radius 3 is 2.64 bits per heavy atom. The van der Waals surface area contributed by atoms with Crippen molar-refractivity contribution in [1.82, 2.24) is 15.2 Å². The van der Waals surface area contributed by atoms with Crippen molar-refractivity contribution in [2.45, 2.75) is 6.54 Å². The second-order valence-electron chi connectivity index (χ2n) is 2.99. The number of pyridine rings is 1. The van der Waals surface area contributed by atoms with Crippen molar-refractivity contribution >= 4 is 11.9 Å². The molecule has 1 N–H and O–H groups in total. The van der Waals surface area contributed by atoms with Crippen LogP contribution in [0.15, 0.2) is 24.5 Å². The maximum absolute atomic E-state index is 11.2. The fourth-order valence-corrected chi connectivity index (χ4v) is 1.29. The highest BCUT2D eigenvalue weighted by Crippen LogP contribution is 2.06. The van der Waals surface area contributed by atoms with Crippen LogP contribution in [0.2, 0.25) is 0 Å². The molecule has 5 nitrogen and oxygen atoms in total. The lowest BCUT2D eigenvalue weighted by Crippen LogP contribution is -2.30. The zero-order chi connectivity index (χ0) is 9.97. The summed E-state index contributed by atoms with van der Waals surface area (Å²) in [6.45, 7) is 0.414. The number of nitrogens with one attached hydrogen (secondary N) is 1. The van der Waals surface area contributed by atoms with Crippen LogP contribution in [-0.2, 0) is 11.3 Å². The Hall–Kier alpha value is -1.91. The third-order valence-corrected chi connectivity index (χ3v) is 2.03. The molecule has 0 saturated carbocycles. The van der Waals surface area contributed by atoms with Crippen molar-refractivity contribution in [1.29, 1.82) is 0 Å². The van der Waals surface area contributed by atoms with Gasteiger partial charge >= 0.3 is 6.03 Å². The van der Waals surface area contributed by atoms with Gasteiger partial charge in [0, 0.05) is 12.4 Å². The van der Waals surface area contributed by atoms with Crippen LogP contribution >= 0.6 is 0 Å². The third kappa shape index (κ3) is 1.56. The van der Waals surface area contributed by atoms with Gasteiger partial charge < -0.3 is 5.32 Å². The summed E-state index contributed by atoms with van der Waals surface area (Å²) in [7, 11) is 0. The van der Waals surface area contributed by atoms with Crippen LogP contribution < -0.4 is 5.32 Å². The molecule has 1 saturated heterocycles. The van der Waals surface area contributed by atoms with Gasteiger partial charge in [0.25, 0.3) is 0 Å². The molecule has 0 radical (unpaired) electrons. The predicted octanol–water partition coefficient (Wildman–Crippen LogP) is 0.133. The summed E-state index contributed by atoms with van der Waals surface area (Å²) in [4.78, 5) is 27.4. The van der Waals surface area contributed by atoms with E-state index in [2.05, 4.69) is 10.3 Å². The van der Waals surface area contributed by atoms with Gasteiger partial charge in [-0.05, 0) is 17.7 Å². The molecular weight excluding hydrogens is 182 g/mol. The Labute approximate surface area is 80.7 Å². The van der Waals surface area contributed by atoms with E-state index >= 15 is 0 Å². The third-order valence-electron chi connectivity index (χ3n) is 2.03. The molecule has 1 aliphatic heterocycles. The van der Waals surface area contributed by atoms with Gasteiger partial charge in [0.2, 0.25) is 5.91 Å². The number of nitrogens with zero attached hydrogens (tertiary/aromatic N) is 2. The number of hydrogen-bond acceptors (Lipinski definition) is 3. The Bertz CT molecular complexity index is 348. The van der Waals surface area contributed by atoms with E-state index < -0.39 is 0 Å². The number of carbonyl (C=O) groups is 2. The molecule has 0 aromatic carbocycles. The molecule has 2 heterocycles. The van der Waals surface area contributed by atoms with Crippen LogP contribution in [0.1, 0.15) is 5.56 Å². The summed E-state index contributed by atoms with van der Waals surface area (Å²) in [6.07, 6.45) is 3.27. The molecule has 14 heavy (non-hydrogen) atoms. The first-order valence-corrected chi connectivity index (χ1v) is 4.24. The minimum atomic E-state index is -0.327. The van der Waals surface area contributed by atoms with Crippen LogP contribution in [0.4, 0.5) is 4.79 Å². The van der Waals surface area contributed by atoms with Crippen LogP contribution in [0, 0.1) is 0 Å². The molecule has 3 amide bonds. The van der Waals surface area contributed by atoms with Gasteiger partial charge in [-0.3, -0.25) is 14.7 Å². The van der Waals surface area contributed by atoms with E-state index in [-0.39, 0.29) is 18.5 Å². The summed E-state index contributed by atoms with van der Waals surface area (Å²) < 4.78 is 0. The summed E-state index contributed by atoms with van der Waals surface area (Å²) in [5.74, 6) is -0.188. The molecule has 0 unspecified atom stereocenters. The first-order valence-electron chi connectivity index (χ1n) is 4.24. The number of urea groups is 1. The van der Waals surface area contributed by atoms with E-state index in [1.165, 1.54) is 4.90 Å². The normalized spacial score (nSPS) is 15.9. The molecule has 1 aliphatic rings. The van der Waals surface area contributed by atoms with Crippen LogP contribution in [0.3, 0.4) is 0 Å². The molecule has 72 valence electrons. The van der Waals surface area contributed by atoms with Crippen molar-refractivity contribution in [3.8, 4) is 0 Å². The molecule has 1 aromatic heterocycles. The molecule has 2 rings (SSSR count). The highest BCUT2D eigenvalue weighted by Gasteiger charge is 2.27. The molecule has 0 bridgehead atoms. The van der Waals surface area contributed by atoms with E-state index in [0.717, 1.165) is 5.56 Å². The Kier molecular flexibility index (Phi) is 2.14. The zero-order valence-electron chi connectivity index (χ0n) is 7.43. The molecule has 1 fully saturated rings. The number of amides is 3. The second kappa shape index (κ2) is 3.45. The average Bonchev–Trinajstić information content (AvgIpc) is 2.51. The largest absolute Gasteiger partial charge is 0.329 e. The second-order valence-corrected chi connectivity index (χ2v) is 2.99. The fraction of sp³-hybridized carbons (Fsp3) is 0.222.